The van der Waals surface area contributed by atoms with Crippen molar-refractivity contribution in [2.45, 2.75) is 19.8 Å². The first-order valence-corrected chi connectivity index (χ1v) is 6.49. The van der Waals surface area contributed by atoms with E-state index in [0.29, 0.717) is 18.2 Å². The molecule has 88 valence electrons. The van der Waals surface area contributed by atoms with Gasteiger partial charge in [0.15, 0.2) is 5.69 Å². The fourth-order valence-electron chi connectivity index (χ4n) is 1.84. The van der Waals surface area contributed by atoms with Crippen molar-refractivity contribution in [3.8, 4) is 0 Å². The Balaban J connectivity index is 1.93. The third-order valence-electron chi connectivity index (χ3n) is 2.66. The molecule has 1 aliphatic rings. The quantitative estimate of drug-likeness (QED) is 0.810. The molecule has 0 aliphatic carbocycles. The van der Waals surface area contributed by atoms with Gasteiger partial charge in [-0.15, -0.1) is 11.3 Å². The average molecular weight is 240 g/mol. The fraction of sp³-hybridized carbons (Fsp3) is 0.636. The number of aromatic nitrogens is 1. The molecule has 16 heavy (non-hydrogen) atoms. The van der Waals surface area contributed by atoms with Crippen LogP contribution in [0, 0.1) is 5.92 Å². The summed E-state index contributed by atoms with van der Waals surface area (Å²) in [6.45, 7) is 4.36. The molecule has 1 fully saturated rings. The first-order valence-electron chi connectivity index (χ1n) is 5.62. The van der Waals surface area contributed by atoms with E-state index in [4.69, 9.17) is 4.74 Å². The largest absolute Gasteiger partial charge is 0.461 e. The van der Waals surface area contributed by atoms with Gasteiger partial charge in [-0.25, -0.2) is 9.78 Å². The van der Waals surface area contributed by atoms with Crippen molar-refractivity contribution in [3.05, 3.63) is 16.1 Å². The van der Waals surface area contributed by atoms with E-state index in [0.717, 1.165) is 24.5 Å². The molecular weight excluding hydrogens is 224 g/mol. The van der Waals surface area contributed by atoms with Gasteiger partial charge in [-0.1, -0.05) is 0 Å². The van der Waals surface area contributed by atoms with E-state index in [9.17, 15) is 4.79 Å². The fourth-order valence-corrected chi connectivity index (χ4v) is 2.72. The molecule has 1 atom stereocenters. The molecule has 0 amide bonds. The molecule has 1 aromatic rings. The molecular formula is C11H16N2O2S. The maximum atomic E-state index is 11.4. The number of thiazole rings is 1. The zero-order valence-electron chi connectivity index (χ0n) is 9.36. The summed E-state index contributed by atoms with van der Waals surface area (Å²) < 4.78 is 4.90. The van der Waals surface area contributed by atoms with Crippen molar-refractivity contribution in [3.63, 3.8) is 0 Å². The predicted molar refractivity (Wildman–Crippen MR) is 62.8 cm³/mol. The van der Waals surface area contributed by atoms with Crippen LogP contribution in [0.4, 0.5) is 0 Å². The van der Waals surface area contributed by atoms with E-state index in [1.54, 1.807) is 23.6 Å². The van der Waals surface area contributed by atoms with E-state index >= 15 is 0 Å². The zero-order chi connectivity index (χ0) is 11.4. The molecule has 1 unspecified atom stereocenters. The number of ether oxygens (including phenoxy) is 1. The van der Waals surface area contributed by atoms with Gasteiger partial charge in [-0.3, -0.25) is 0 Å². The molecule has 0 saturated carbocycles. The van der Waals surface area contributed by atoms with Crippen molar-refractivity contribution in [1.29, 1.82) is 0 Å². The van der Waals surface area contributed by atoms with E-state index < -0.39 is 0 Å². The smallest absolute Gasteiger partial charge is 0.357 e. The number of carbonyl (C=O) groups excluding carboxylic acids is 1. The Morgan fingerprint density at radius 3 is 3.31 bits per heavy atom. The second-order valence-corrected chi connectivity index (χ2v) is 4.85. The van der Waals surface area contributed by atoms with Crippen LogP contribution in [0.1, 0.15) is 28.8 Å². The summed E-state index contributed by atoms with van der Waals surface area (Å²) in [7, 11) is 0. The van der Waals surface area contributed by atoms with Crippen LogP contribution in [0.2, 0.25) is 0 Å². The molecule has 1 saturated heterocycles. The van der Waals surface area contributed by atoms with Gasteiger partial charge in [0.05, 0.1) is 11.6 Å². The number of rotatable bonds is 4. The molecule has 0 radical (unpaired) electrons. The summed E-state index contributed by atoms with van der Waals surface area (Å²) >= 11 is 1.55. The minimum absolute atomic E-state index is 0.311. The lowest BCUT2D eigenvalue weighted by Crippen LogP contribution is -2.11. The lowest BCUT2D eigenvalue weighted by Gasteiger charge is -2.03. The SMILES string of the molecule is CCOC(=O)c1csc(CC2CCNC2)n1. The van der Waals surface area contributed by atoms with Crippen LogP contribution in [0.15, 0.2) is 5.38 Å². The molecule has 1 aliphatic heterocycles. The van der Waals surface area contributed by atoms with Gasteiger partial charge in [0.1, 0.15) is 0 Å². The second kappa shape index (κ2) is 5.41. The van der Waals surface area contributed by atoms with Crippen LogP contribution < -0.4 is 5.32 Å². The Kier molecular flexibility index (Phi) is 3.90. The van der Waals surface area contributed by atoms with Crippen molar-refractivity contribution >= 4 is 17.3 Å². The highest BCUT2D eigenvalue weighted by molar-refractivity contribution is 7.09. The zero-order valence-corrected chi connectivity index (χ0v) is 10.2. The maximum absolute atomic E-state index is 11.4. The molecule has 1 N–H and O–H groups in total. The number of carbonyl (C=O) groups is 1. The van der Waals surface area contributed by atoms with Crippen LogP contribution >= 0.6 is 11.3 Å². The Hall–Kier alpha value is -0.940. The van der Waals surface area contributed by atoms with E-state index in [1.165, 1.54) is 6.42 Å². The third-order valence-corrected chi connectivity index (χ3v) is 3.53. The van der Waals surface area contributed by atoms with Crippen molar-refractivity contribution < 1.29 is 9.53 Å². The van der Waals surface area contributed by atoms with Crippen molar-refractivity contribution in [1.82, 2.24) is 10.3 Å². The third kappa shape index (κ3) is 2.80. The first-order chi connectivity index (χ1) is 7.79. The van der Waals surface area contributed by atoms with Gasteiger partial charge >= 0.3 is 5.97 Å². The summed E-state index contributed by atoms with van der Waals surface area (Å²) in [6.07, 6.45) is 2.17. The lowest BCUT2D eigenvalue weighted by molar-refractivity contribution is 0.0520. The summed E-state index contributed by atoms with van der Waals surface area (Å²) in [5.74, 6) is 0.357. The van der Waals surface area contributed by atoms with Gasteiger partial charge in [0.25, 0.3) is 0 Å². The number of hydrogen-bond acceptors (Lipinski definition) is 5. The highest BCUT2D eigenvalue weighted by Gasteiger charge is 2.18. The summed E-state index contributed by atoms with van der Waals surface area (Å²) in [5.41, 5.74) is 0.452. The van der Waals surface area contributed by atoms with Gasteiger partial charge in [0, 0.05) is 11.8 Å². The Labute approximate surface area is 99.0 Å². The van der Waals surface area contributed by atoms with E-state index in [-0.39, 0.29) is 5.97 Å². The van der Waals surface area contributed by atoms with E-state index in [2.05, 4.69) is 10.3 Å². The number of nitrogens with zero attached hydrogens (tertiary/aromatic N) is 1. The van der Waals surface area contributed by atoms with Crippen LogP contribution in [0.5, 0.6) is 0 Å². The Morgan fingerprint density at radius 1 is 1.75 bits per heavy atom. The van der Waals surface area contributed by atoms with Crippen molar-refractivity contribution in [2.24, 2.45) is 5.92 Å². The normalized spacial score (nSPS) is 19.9. The van der Waals surface area contributed by atoms with Crippen LogP contribution in [-0.2, 0) is 11.2 Å². The van der Waals surface area contributed by atoms with Gasteiger partial charge < -0.3 is 10.1 Å². The first kappa shape index (κ1) is 11.5. The van der Waals surface area contributed by atoms with Gasteiger partial charge in [-0.2, -0.15) is 0 Å². The Morgan fingerprint density at radius 2 is 2.62 bits per heavy atom. The minimum atomic E-state index is -0.311. The molecule has 0 spiro atoms. The molecule has 5 heteroatoms. The summed E-state index contributed by atoms with van der Waals surface area (Å²) in [6, 6.07) is 0. The standard InChI is InChI=1S/C11H16N2O2S/c1-2-15-11(14)9-7-16-10(13-9)5-8-3-4-12-6-8/h7-8,12H,2-6H2,1H3. The van der Waals surface area contributed by atoms with Gasteiger partial charge in [-0.05, 0) is 32.4 Å². The Bertz CT molecular complexity index is 359. The average Bonchev–Trinajstić information content (AvgIpc) is 2.90. The highest BCUT2D eigenvalue weighted by Crippen LogP contribution is 2.18. The molecule has 0 bridgehead atoms. The van der Waals surface area contributed by atoms with Crippen LogP contribution in [-0.4, -0.2) is 30.6 Å². The molecule has 2 rings (SSSR count). The maximum Gasteiger partial charge on any atom is 0.357 e. The summed E-state index contributed by atoms with van der Waals surface area (Å²) in [4.78, 5) is 15.7. The van der Waals surface area contributed by atoms with Crippen LogP contribution in [0.3, 0.4) is 0 Å². The highest BCUT2D eigenvalue weighted by atomic mass is 32.1. The number of hydrogen-bond donors (Lipinski definition) is 1. The molecule has 1 aromatic heterocycles. The lowest BCUT2D eigenvalue weighted by atomic mass is 10.1. The number of esters is 1. The van der Waals surface area contributed by atoms with Gasteiger partial charge in [0.2, 0.25) is 0 Å². The van der Waals surface area contributed by atoms with Crippen molar-refractivity contribution in [2.75, 3.05) is 19.7 Å². The second-order valence-electron chi connectivity index (χ2n) is 3.91. The summed E-state index contributed by atoms with van der Waals surface area (Å²) in [5, 5.41) is 6.15. The molecule has 2 heterocycles. The van der Waals surface area contributed by atoms with E-state index in [1.807, 2.05) is 0 Å². The monoisotopic (exact) mass is 240 g/mol. The minimum Gasteiger partial charge on any atom is -0.461 e. The molecule has 4 nitrogen and oxygen atoms in total. The molecule has 0 aromatic carbocycles. The number of nitrogens with one attached hydrogen (secondary N) is 1. The topological polar surface area (TPSA) is 51.2 Å². The predicted octanol–water partition coefficient (Wildman–Crippen LogP) is 1.47. The van der Waals surface area contributed by atoms with Crippen LogP contribution in [0.25, 0.3) is 0 Å².